The third-order valence-electron chi connectivity index (χ3n) is 2.95. The molecule has 2 unspecified atom stereocenters. The van der Waals surface area contributed by atoms with Crippen LogP contribution in [0.3, 0.4) is 0 Å². The van der Waals surface area contributed by atoms with Crippen LogP contribution in [0.2, 0.25) is 0 Å². The quantitative estimate of drug-likeness (QED) is 0.730. The zero-order valence-corrected chi connectivity index (χ0v) is 12.5. The summed E-state index contributed by atoms with van der Waals surface area (Å²) in [7, 11) is 0. The van der Waals surface area contributed by atoms with Crippen molar-refractivity contribution >= 4 is 11.8 Å². The SMILES string of the molecule is CC(C)CNC(=O)C(C)C(C)C(=O)NCC(C)C. The molecule has 0 heterocycles. The summed E-state index contributed by atoms with van der Waals surface area (Å²) < 4.78 is 0. The molecule has 106 valence electrons. The molecule has 2 atom stereocenters. The fraction of sp³-hybridized carbons (Fsp3) is 0.857. The minimum Gasteiger partial charge on any atom is -0.356 e. The molecule has 0 bridgehead atoms. The second kappa shape index (κ2) is 8.11. The Hall–Kier alpha value is -1.06. The highest BCUT2D eigenvalue weighted by Gasteiger charge is 2.25. The van der Waals surface area contributed by atoms with Gasteiger partial charge in [0.15, 0.2) is 0 Å². The van der Waals surface area contributed by atoms with Crippen molar-refractivity contribution in [2.24, 2.45) is 23.7 Å². The Balaban J connectivity index is 4.18. The van der Waals surface area contributed by atoms with Crippen LogP contribution in [-0.2, 0) is 9.59 Å². The maximum absolute atomic E-state index is 11.8. The normalized spacial score (nSPS) is 14.4. The summed E-state index contributed by atoms with van der Waals surface area (Å²) in [4.78, 5) is 23.7. The van der Waals surface area contributed by atoms with Crippen molar-refractivity contribution in [2.75, 3.05) is 13.1 Å². The number of rotatable bonds is 7. The van der Waals surface area contributed by atoms with Gasteiger partial charge in [0, 0.05) is 24.9 Å². The van der Waals surface area contributed by atoms with Crippen molar-refractivity contribution in [2.45, 2.75) is 41.5 Å². The van der Waals surface area contributed by atoms with E-state index in [1.807, 2.05) is 27.7 Å². The fourth-order valence-electron chi connectivity index (χ4n) is 1.39. The van der Waals surface area contributed by atoms with E-state index in [2.05, 4.69) is 10.6 Å². The molecule has 2 N–H and O–H groups in total. The van der Waals surface area contributed by atoms with Gasteiger partial charge in [-0.1, -0.05) is 41.5 Å². The minimum atomic E-state index is -0.295. The van der Waals surface area contributed by atoms with Gasteiger partial charge >= 0.3 is 0 Å². The molecule has 0 aliphatic carbocycles. The maximum atomic E-state index is 11.8. The highest BCUT2D eigenvalue weighted by atomic mass is 16.2. The summed E-state index contributed by atoms with van der Waals surface area (Å²) >= 11 is 0. The van der Waals surface area contributed by atoms with E-state index in [4.69, 9.17) is 0 Å². The molecule has 0 radical (unpaired) electrons. The standard InChI is InChI=1S/C14H28N2O2/c1-9(2)7-15-13(17)11(5)12(6)14(18)16-8-10(3)4/h9-12H,7-8H2,1-6H3,(H,15,17)(H,16,18). The average molecular weight is 256 g/mol. The zero-order chi connectivity index (χ0) is 14.3. The van der Waals surface area contributed by atoms with E-state index >= 15 is 0 Å². The molecule has 0 saturated heterocycles. The van der Waals surface area contributed by atoms with Crippen LogP contribution in [-0.4, -0.2) is 24.9 Å². The van der Waals surface area contributed by atoms with Crippen molar-refractivity contribution < 1.29 is 9.59 Å². The van der Waals surface area contributed by atoms with Crippen LogP contribution < -0.4 is 10.6 Å². The van der Waals surface area contributed by atoms with E-state index in [0.717, 1.165) is 0 Å². The molecule has 4 heteroatoms. The molecular formula is C14H28N2O2. The monoisotopic (exact) mass is 256 g/mol. The number of hydrogen-bond acceptors (Lipinski definition) is 2. The lowest BCUT2D eigenvalue weighted by atomic mass is 9.94. The molecular weight excluding hydrogens is 228 g/mol. The Kier molecular flexibility index (Phi) is 7.64. The van der Waals surface area contributed by atoms with Gasteiger partial charge in [0.25, 0.3) is 0 Å². The Morgan fingerprint density at radius 2 is 1.00 bits per heavy atom. The summed E-state index contributed by atoms with van der Waals surface area (Å²) in [6.07, 6.45) is 0. The van der Waals surface area contributed by atoms with Gasteiger partial charge in [0.2, 0.25) is 11.8 Å². The van der Waals surface area contributed by atoms with Gasteiger partial charge in [0.1, 0.15) is 0 Å². The predicted molar refractivity (Wildman–Crippen MR) is 74.0 cm³/mol. The van der Waals surface area contributed by atoms with Gasteiger partial charge in [-0.25, -0.2) is 0 Å². The Morgan fingerprint density at radius 3 is 1.22 bits per heavy atom. The second-order valence-electron chi connectivity index (χ2n) is 5.86. The molecule has 0 aromatic heterocycles. The lowest BCUT2D eigenvalue weighted by molar-refractivity contribution is -0.133. The average Bonchev–Trinajstić information content (AvgIpc) is 2.30. The molecule has 18 heavy (non-hydrogen) atoms. The first-order valence-electron chi connectivity index (χ1n) is 6.81. The van der Waals surface area contributed by atoms with Gasteiger partial charge in [-0.2, -0.15) is 0 Å². The molecule has 0 fully saturated rings. The van der Waals surface area contributed by atoms with E-state index in [9.17, 15) is 9.59 Å². The number of amides is 2. The molecule has 0 aromatic rings. The molecule has 0 aliphatic rings. The van der Waals surface area contributed by atoms with Crippen molar-refractivity contribution in [3.8, 4) is 0 Å². The summed E-state index contributed by atoms with van der Waals surface area (Å²) in [6, 6.07) is 0. The largest absolute Gasteiger partial charge is 0.356 e. The summed E-state index contributed by atoms with van der Waals surface area (Å²) in [5.41, 5.74) is 0. The van der Waals surface area contributed by atoms with Crippen molar-refractivity contribution in [1.29, 1.82) is 0 Å². The first-order valence-corrected chi connectivity index (χ1v) is 6.81. The van der Waals surface area contributed by atoms with Gasteiger partial charge in [0.05, 0.1) is 0 Å². The van der Waals surface area contributed by atoms with Gasteiger partial charge in [-0.05, 0) is 11.8 Å². The number of hydrogen-bond donors (Lipinski definition) is 2. The first kappa shape index (κ1) is 16.9. The number of carbonyl (C=O) groups excluding carboxylic acids is 2. The van der Waals surface area contributed by atoms with E-state index in [0.29, 0.717) is 24.9 Å². The molecule has 0 rings (SSSR count). The van der Waals surface area contributed by atoms with Crippen LogP contribution >= 0.6 is 0 Å². The van der Waals surface area contributed by atoms with Crippen LogP contribution in [0.4, 0.5) is 0 Å². The van der Waals surface area contributed by atoms with Crippen molar-refractivity contribution in [1.82, 2.24) is 10.6 Å². The zero-order valence-electron chi connectivity index (χ0n) is 12.5. The topological polar surface area (TPSA) is 58.2 Å². The molecule has 4 nitrogen and oxygen atoms in total. The molecule has 2 amide bonds. The lowest BCUT2D eigenvalue weighted by Crippen LogP contribution is -2.41. The predicted octanol–water partition coefficient (Wildman–Crippen LogP) is 1.80. The fourth-order valence-corrected chi connectivity index (χ4v) is 1.39. The van der Waals surface area contributed by atoms with Crippen LogP contribution in [0.1, 0.15) is 41.5 Å². The molecule has 0 spiro atoms. The molecule has 0 saturated carbocycles. The third kappa shape index (κ3) is 6.62. The first-order chi connectivity index (χ1) is 8.25. The van der Waals surface area contributed by atoms with E-state index in [1.165, 1.54) is 0 Å². The van der Waals surface area contributed by atoms with Gasteiger partial charge < -0.3 is 10.6 Å². The molecule has 0 aliphatic heterocycles. The van der Waals surface area contributed by atoms with Crippen molar-refractivity contribution in [3.05, 3.63) is 0 Å². The van der Waals surface area contributed by atoms with Crippen LogP contribution in [0, 0.1) is 23.7 Å². The smallest absolute Gasteiger partial charge is 0.223 e. The summed E-state index contributed by atoms with van der Waals surface area (Å²) in [6.45, 7) is 13.1. The van der Waals surface area contributed by atoms with E-state index in [-0.39, 0.29) is 23.7 Å². The Morgan fingerprint density at radius 1 is 0.722 bits per heavy atom. The van der Waals surface area contributed by atoms with Crippen molar-refractivity contribution in [3.63, 3.8) is 0 Å². The van der Waals surface area contributed by atoms with E-state index in [1.54, 1.807) is 13.8 Å². The van der Waals surface area contributed by atoms with Gasteiger partial charge in [-0.3, -0.25) is 9.59 Å². The maximum Gasteiger partial charge on any atom is 0.223 e. The highest BCUT2D eigenvalue weighted by molar-refractivity contribution is 5.87. The van der Waals surface area contributed by atoms with Crippen LogP contribution in [0.15, 0.2) is 0 Å². The van der Waals surface area contributed by atoms with Crippen LogP contribution in [0.5, 0.6) is 0 Å². The molecule has 0 aromatic carbocycles. The van der Waals surface area contributed by atoms with Crippen LogP contribution in [0.25, 0.3) is 0 Å². The number of carbonyl (C=O) groups is 2. The third-order valence-corrected chi connectivity index (χ3v) is 2.95. The summed E-state index contributed by atoms with van der Waals surface area (Å²) in [5, 5.41) is 5.73. The highest BCUT2D eigenvalue weighted by Crippen LogP contribution is 2.11. The van der Waals surface area contributed by atoms with E-state index < -0.39 is 0 Å². The Bertz CT molecular complexity index is 247. The van der Waals surface area contributed by atoms with Gasteiger partial charge in [-0.15, -0.1) is 0 Å². The second-order valence-corrected chi connectivity index (χ2v) is 5.86. The Labute approximate surface area is 111 Å². The lowest BCUT2D eigenvalue weighted by Gasteiger charge is -2.20. The minimum absolute atomic E-state index is 0.0455. The number of nitrogens with one attached hydrogen (secondary N) is 2. The summed E-state index contributed by atoms with van der Waals surface area (Å²) in [5.74, 6) is 0.163.